The van der Waals surface area contributed by atoms with Crippen LogP contribution in [0.5, 0.6) is 0 Å². The predicted octanol–water partition coefficient (Wildman–Crippen LogP) is 0.768. The molecule has 0 aromatic carbocycles. The second-order valence-electron chi connectivity index (χ2n) is 4.30. The average molecular weight is 312 g/mol. The lowest BCUT2D eigenvalue weighted by Gasteiger charge is -2.16. The lowest BCUT2D eigenvalue weighted by atomic mass is 10.3. The quantitative estimate of drug-likeness (QED) is 0.733. The van der Waals surface area contributed by atoms with Crippen molar-refractivity contribution in [3.05, 3.63) is 16.1 Å². The fourth-order valence-electron chi connectivity index (χ4n) is 1.54. The maximum atomic E-state index is 12.0. The number of carbonyl (C=O) groups excluding carboxylic acids is 1. The molecule has 2 rings (SSSR count). The molecule has 0 atom stereocenters. The van der Waals surface area contributed by atoms with Crippen molar-refractivity contribution in [2.75, 3.05) is 19.3 Å². The number of hydrogen-bond acceptors (Lipinski definition) is 7. The zero-order valence-electron chi connectivity index (χ0n) is 11.6. The van der Waals surface area contributed by atoms with Gasteiger partial charge in [0.2, 0.25) is 11.1 Å². The summed E-state index contributed by atoms with van der Waals surface area (Å²) < 4.78 is 1.55. The summed E-state index contributed by atoms with van der Waals surface area (Å²) in [5, 5.41) is 11.7. The molecular weight excluding hydrogens is 296 g/mol. The molecule has 2 aromatic rings. The number of amides is 1. The highest BCUT2D eigenvalue weighted by molar-refractivity contribution is 7.99. The Morgan fingerprint density at radius 3 is 2.95 bits per heavy atom. The van der Waals surface area contributed by atoms with E-state index in [1.54, 1.807) is 28.0 Å². The molecule has 0 spiro atoms. The van der Waals surface area contributed by atoms with Gasteiger partial charge < -0.3 is 4.90 Å². The van der Waals surface area contributed by atoms with Crippen LogP contribution in [0.15, 0.2) is 10.7 Å². The minimum Gasteiger partial charge on any atom is -0.345 e. The fraction of sp³-hybridized carbons (Fsp3) is 0.545. The number of nitrogens with zero attached hydrogens (tertiary/aromatic N) is 6. The Kier molecular flexibility index (Phi) is 5.07. The van der Waals surface area contributed by atoms with Gasteiger partial charge in [-0.1, -0.05) is 11.8 Å². The Morgan fingerprint density at radius 1 is 1.55 bits per heavy atom. The van der Waals surface area contributed by atoms with E-state index in [-0.39, 0.29) is 5.91 Å². The van der Waals surface area contributed by atoms with Crippen LogP contribution in [-0.4, -0.2) is 55.3 Å². The Hall–Kier alpha value is -1.48. The van der Waals surface area contributed by atoms with Crippen LogP contribution in [0.2, 0.25) is 0 Å². The largest absolute Gasteiger partial charge is 0.345 e. The number of aryl methyl sites for hydroxylation is 2. The van der Waals surface area contributed by atoms with Crippen LogP contribution >= 0.6 is 23.1 Å². The molecule has 0 saturated heterocycles. The van der Waals surface area contributed by atoms with Gasteiger partial charge in [0.25, 0.3) is 0 Å². The van der Waals surface area contributed by atoms with Gasteiger partial charge in [-0.3, -0.25) is 4.79 Å². The van der Waals surface area contributed by atoms with Crippen LogP contribution in [0.1, 0.15) is 10.6 Å². The standard InChI is InChI=1S/C11H16N6OS2/c1-8-9(20-7-12-8)4-5-16(2)10(18)6-19-11-13-14-15-17(11)3/h7H,4-6H2,1-3H3. The number of rotatable bonds is 6. The Morgan fingerprint density at radius 2 is 2.35 bits per heavy atom. The van der Waals surface area contributed by atoms with Gasteiger partial charge in [-0.2, -0.15) is 0 Å². The third kappa shape index (κ3) is 3.76. The lowest BCUT2D eigenvalue weighted by molar-refractivity contribution is -0.127. The van der Waals surface area contributed by atoms with Crippen LogP contribution in [0.25, 0.3) is 0 Å². The van der Waals surface area contributed by atoms with Crippen molar-refractivity contribution in [2.24, 2.45) is 7.05 Å². The van der Waals surface area contributed by atoms with Crippen LogP contribution in [0.4, 0.5) is 0 Å². The molecule has 7 nitrogen and oxygen atoms in total. The van der Waals surface area contributed by atoms with Crippen molar-refractivity contribution in [3.63, 3.8) is 0 Å². The highest BCUT2D eigenvalue weighted by Gasteiger charge is 2.12. The van der Waals surface area contributed by atoms with Crippen molar-refractivity contribution in [3.8, 4) is 0 Å². The first-order valence-corrected chi connectivity index (χ1v) is 7.92. The van der Waals surface area contributed by atoms with Gasteiger partial charge in [-0.05, 0) is 17.4 Å². The van der Waals surface area contributed by atoms with Gasteiger partial charge in [0, 0.05) is 31.9 Å². The minimum atomic E-state index is 0.0696. The molecule has 0 aliphatic heterocycles. The minimum absolute atomic E-state index is 0.0696. The number of aromatic nitrogens is 5. The first kappa shape index (κ1) is 14.9. The maximum Gasteiger partial charge on any atom is 0.232 e. The number of likely N-dealkylation sites (N-methyl/N-ethyl adjacent to an activating group) is 1. The summed E-state index contributed by atoms with van der Waals surface area (Å²) in [4.78, 5) is 19.2. The molecule has 108 valence electrons. The first-order valence-electron chi connectivity index (χ1n) is 6.06. The van der Waals surface area contributed by atoms with Gasteiger partial charge in [0.1, 0.15) is 0 Å². The number of carbonyl (C=O) groups is 1. The van der Waals surface area contributed by atoms with Crippen LogP contribution in [0, 0.1) is 6.92 Å². The molecule has 0 saturated carbocycles. The second-order valence-corrected chi connectivity index (χ2v) is 6.18. The van der Waals surface area contributed by atoms with Crippen molar-refractivity contribution in [1.82, 2.24) is 30.1 Å². The number of thiazole rings is 1. The highest BCUT2D eigenvalue weighted by atomic mass is 32.2. The Labute approximate surface area is 125 Å². The molecule has 0 bridgehead atoms. The highest BCUT2D eigenvalue weighted by Crippen LogP contribution is 2.15. The van der Waals surface area contributed by atoms with E-state index in [9.17, 15) is 4.79 Å². The maximum absolute atomic E-state index is 12.0. The van der Waals surface area contributed by atoms with E-state index in [0.717, 1.165) is 12.1 Å². The summed E-state index contributed by atoms with van der Waals surface area (Å²) in [7, 11) is 3.57. The summed E-state index contributed by atoms with van der Waals surface area (Å²) >= 11 is 2.97. The molecule has 0 unspecified atom stereocenters. The van der Waals surface area contributed by atoms with Crippen LogP contribution < -0.4 is 0 Å². The summed E-state index contributed by atoms with van der Waals surface area (Å²) in [6.07, 6.45) is 0.842. The molecule has 0 radical (unpaired) electrons. The van der Waals surface area contributed by atoms with Crippen molar-refractivity contribution >= 4 is 29.0 Å². The Bertz CT molecular complexity index is 581. The van der Waals surface area contributed by atoms with E-state index in [1.807, 2.05) is 19.5 Å². The topological polar surface area (TPSA) is 76.8 Å². The van der Waals surface area contributed by atoms with Crippen molar-refractivity contribution in [2.45, 2.75) is 18.5 Å². The van der Waals surface area contributed by atoms with E-state index in [1.165, 1.54) is 16.6 Å². The smallest absolute Gasteiger partial charge is 0.232 e. The van der Waals surface area contributed by atoms with Crippen LogP contribution in [-0.2, 0) is 18.3 Å². The Balaban J connectivity index is 1.77. The summed E-state index contributed by atoms with van der Waals surface area (Å²) in [6.45, 7) is 2.68. The molecule has 2 aromatic heterocycles. The van der Waals surface area contributed by atoms with E-state index < -0.39 is 0 Å². The first-order chi connectivity index (χ1) is 9.58. The van der Waals surface area contributed by atoms with E-state index in [0.29, 0.717) is 17.5 Å². The fourth-order valence-corrected chi connectivity index (χ4v) is 3.10. The molecule has 2 heterocycles. The lowest BCUT2D eigenvalue weighted by Crippen LogP contribution is -2.30. The van der Waals surface area contributed by atoms with Gasteiger partial charge in [-0.25, -0.2) is 9.67 Å². The van der Waals surface area contributed by atoms with Crippen LogP contribution in [0.3, 0.4) is 0 Å². The zero-order chi connectivity index (χ0) is 14.5. The normalized spacial score (nSPS) is 10.8. The third-order valence-electron chi connectivity index (χ3n) is 2.85. The molecule has 0 N–H and O–H groups in total. The number of tetrazole rings is 1. The molecule has 0 fully saturated rings. The van der Waals surface area contributed by atoms with Gasteiger partial charge in [-0.15, -0.1) is 16.4 Å². The van der Waals surface area contributed by atoms with E-state index >= 15 is 0 Å². The molecule has 20 heavy (non-hydrogen) atoms. The number of thioether (sulfide) groups is 1. The van der Waals surface area contributed by atoms with E-state index in [4.69, 9.17) is 0 Å². The molecule has 0 aliphatic rings. The second kappa shape index (κ2) is 6.80. The zero-order valence-corrected chi connectivity index (χ0v) is 13.2. The van der Waals surface area contributed by atoms with Crippen molar-refractivity contribution < 1.29 is 4.79 Å². The van der Waals surface area contributed by atoms with Gasteiger partial charge in [0.05, 0.1) is 17.0 Å². The molecule has 1 amide bonds. The summed E-state index contributed by atoms with van der Waals surface area (Å²) in [5.41, 5.74) is 2.89. The molecule has 9 heteroatoms. The molecular formula is C11H16N6OS2. The summed E-state index contributed by atoms with van der Waals surface area (Å²) in [6, 6.07) is 0. The van der Waals surface area contributed by atoms with Gasteiger partial charge >= 0.3 is 0 Å². The summed E-state index contributed by atoms with van der Waals surface area (Å²) in [5.74, 6) is 0.409. The van der Waals surface area contributed by atoms with Gasteiger partial charge in [0.15, 0.2) is 0 Å². The monoisotopic (exact) mass is 312 g/mol. The third-order valence-corrected chi connectivity index (χ3v) is 4.84. The molecule has 0 aliphatic carbocycles. The number of hydrogen-bond donors (Lipinski definition) is 0. The van der Waals surface area contributed by atoms with Crippen molar-refractivity contribution in [1.29, 1.82) is 0 Å². The SMILES string of the molecule is Cc1ncsc1CCN(C)C(=O)CSc1nnnn1C. The van der Waals surface area contributed by atoms with E-state index in [2.05, 4.69) is 20.5 Å². The predicted molar refractivity (Wildman–Crippen MR) is 77.7 cm³/mol. The average Bonchev–Trinajstić information content (AvgIpc) is 3.02.